The first-order chi connectivity index (χ1) is 5.53. The van der Waals surface area contributed by atoms with Gasteiger partial charge >= 0.3 is 0 Å². The maximum absolute atomic E-state index is 5.55. The second kappa shape index (κ2) is 3.27. The summed E-state index contributed by atoms with van der Waals surface area (Å²) in [6, 6.07) is 0. The van der Waals surface area contributed by atoms with E-state index in [1.807, 2.05) is 12.5 Å². The molecule has 1 heterocycles. The van der Waals surface area contributed by atoms with Crippen LogP contribution in [-0.2, 0) is 13.1 Å². The zero-order valence-corrected chi connectivity index (χ0v) is 8.04. The molecule has 0 aromatic carbocycles. The van der Waals surface area contributed by atoms with Gasteiger partial charge in [-0.2, -0.15) is 0 Å². The van der Waals surface area contributed by atoms with Crippen LogP contribution in [0.2, 0.25) is 0 Å². The van der Waals surface area contributed by atoms with Crippen LogP contribution >= 0.6 is 0 Å². The van der Waals surface area contributed by atoms with E-state index in [2.05, 4.69) is 30.3 Å². The third kappa shape index (κ3) is 2.34. The predicted octanol–water partition coefficient (Wildman–Crippen LogP) is 1.39. The van der Waals surface area contributed by atoms with Crippen LogP contribution in [0.25, 0.3) is 0 Å². The van der Waals surface area contributed by atoms with E-state index in [-0.39, 0.29) is 5.41 Å². The van der Waals surface area contributed by atoms with Crippen molar-refractivity contribution in [2.24, 2.45) is 11.1 Å². The van der Waals surface area contributed by atoms with Crippen molar-refractivity contribution in [3.05, 3.63) is 18.2 Å². The zero-order valence-electron chi connectivity index (χ0n) is 8.04. The van der Waals surface area contributed by atoms with E-state index in [4.69, 9.17) is 5.73 Å². The molecule has 1 aromatic heterocycles. The van der Waals surface area contributed by atoms with Crippen molar-refractivity contribution in [1.82, 2.24) is 9.55 Å². The first kappa shape index (κ1) is 9.26. The fraction of sp³-hybridized carbons (Fsp3) is 0.667. The van der Waals surface area contributed by atoms with E-state index in [0.717, 1.165) is 12.2 Å². The van der Waals surface area contributed by atoms with Crippen LogP contribution in [0.4, 0.5) is 0 Å². The Kier molecular flexibility index (Phi) is 2.52. The molecule has 0 atom stereocenters. The van der Waals surface area contributed by atoms with Gasteiger partial charge < -0.3 is 10.3 Å². The van der Waals surface area contributed by atoms with Gasteiger partial charge in [0.05, 0.1) is 12.0 Å². The van der Waals surface area contributed by atoms with Gasteiger partial charge in [-0.15, -0.1) is 0 Å². The molecule has 0 aliphatic rings. The van der Waals surface area contributed by atoms with Crippen molar-refractivity contribution in [3.8, 4) is 0 Å². The van der Waals surface area contributed by atoms with E-state index in [1.165, 1.54) is 0 Å². The van der Waals surface area contributed by atoms with Crippen molar-refractivity contribution in [3.63, 3.8) is 0 Å². The third-order valence-corrected chi connectivity index (χ3v) is 1.65. The van der Waals surface area contributed by atoms with Crippen LogP contribution in [0.5, 0.6) is 0 Å². The first-order valence-electron chi connectivity index (χ1n) is 4.22. The lowest BCUT2D eigenvalue weighted by Crippen LogP contribution is -2.17. The highest BCUT2D eigenvalue weighted by molar-refractivity contribution is 4.97. The average Bonchev–Trinajstić information content (AvgIpc) is 2.31. The molecule has 0 amide bonds. The van der Waals surface area contributed by atoms with E-state index in [1.54, 1.807) is 0 Å². The Balaban J connectivity index is 2.75. The topological polar surface area (TPSA) is 43.8 Å². The van der Waals surface area contributed by atoms with Crippen molar-refractivity contribution in [1.29, 1.82) is 0 Å². The van der Waals surface area contributed by atoms with Gasteiger partial charge in [0.15, 0.2) is 0 Å². The number of nitrogens with two attached hydrogens (primary N) is 1. The van der Waals surface area contributed by atoms with Gasteiger partial charge in [-0.3, -0.25) is 0 Å². The smallest absolute Gasteiger partial charge is 0.0948 e. The van der Waals surface area contributed by atoms with Gasteiger partial charge in [0.2, 0.25) is 0 Å². The van der Waals surface area contributed by atoms with Gasteiger partial charge in [0.1, 0.15) is 0 Å². The molecule has 3 heteroatoms. The summed E-state index contributed by atoms with van der Waals surface area (Å²) in [6.07, 6.45) is 3.67. The molecule has 12 heavy (non-hydrogen) atoms. The molecule has 2 N–H and O–H groups in total. The third-order valence-electron chi connectivity index (χ3n) is 1.65. The van der Waals surface area contributed by atoms with Crippen LogP contribution in [-0.4, -0.2) is 9.55 Å². The second-order valence-electron chi connectivity index (χ2n) is 4.28. The van der Waals surface area contributed by atoms with Gasteiger partial charge in [-0.25, -0.2) is 4.98 Å². The molecule has 0 spiro atoms. The Morgan fingerprint density at radius 2 is 2.17 bits per heavy atom. The molecule has 1 rings (SSSR count). The van der Waals surface area contributed by atoms with Crippen molar-refractivity contribution in [2.45, 2.75) is 33.9 Å². The predicted molar refractivity (Wildman–Crippen MR) is 49.6 cm³/mol. The van der Waals surface area contributed by atoms with Gasteiger partial charge in [-0.05, 0) is 5.41 Å². The lowest BCUT2D eigenvalue weighted by molar-refractivity contribution is 0.338. The summed E-state index contributed by atoms with van der Waals surface area (Å²) >= 11 is 0. The minimum absolute atomic E-state index is 0.282. The lowest BCUT2D eigenvalue weighted by atomic mass is 9.97. The normalized spacial score (nSPS) is 12.0. The zero-order chi connectivity index (χ0) is 9.19. The minimum atomic E-state index is 0.282. The maximum Gasteiger partial charge on any atom is 0.0948 e. The van der Waals surface area contributed by atoms with E-state index in [0.29, 0.717) is 6.54 Å². The first-order valence-corrected chi connectivity index (χ1v) is 4.22. The molecule has 3 nitrogen and oxygen atoms in total. The second-order valence-corrected chi connectivity index (χ2v) is 4.28. The number of imidazole rings is 1. The van der Waals surface area contributed by atoms with Crippen LogP contribution in [0.1, 0.15) is 26.5 Å². The SMILES string of the molecule is CC(C)(C)Cn1cncc1CN. The molecule has 0 radical (unpaired) electrons. The molecule has 1 aromatic rings. The standard InChI is InChI=1S/C9H17N3/c1-9(2,3)6-12-7-11-5-8(12)4-10/h5,7H,4,6,10H2,1-3H3. The summed E-state index contributed by atoms with van der Waals surface area (Å²) in [6.45, 7) is 8.14. The molecule has 0 fully saturated rings. The Bertz CT molecular complexity index is 245. The number of aromatic nitrogens is 2. The highest BCUT2D eigenvalue weighted by Crippen LogP contribution is 2.16. The summed E-state index contributed by atoms with van der Waals surface area (Å²) in [5, 5.41) is 0. The largest absolute Gasteiger partial charge is 0.333 e. The lowest BCUT2D eigenvalue weighted by Gasteiger charge is -2.20. The molecule has 0 saturated carbocycles. The molecule has 0 aliphatic carbocycles. The van der Waals surface area contributed by atoms with Gasteiger partial charge in [0.25, 0.3) is 0 Å². The average molecular weight is 167 g/mol. The molecule has 0 saturated heterocycles. The van der Waals surface area contributed by atoms with Gasteiger partial charge in [-0.1, -0.05) is 20.8 Å². The van der Waals surface area contributed by atoms with Crippen molar-refractivity contribution in [2.75, 3.05) is 0 Å². The summed E-state index contributed by atoms with van der Waals surface area (Å²) in [4.78, 5) is 4.06. The van der Waals surface area contributed by atoms with Crippen molar-refractivity contribution >= 4 is 0 Å². The Labute approximate surface area is 73.6 Å². The highest BCUT2D eigenvalue weighted by atomic mass is 15.1. The number of hydrogen-bond donors (Lipinski definition) is 1. The number of hydrogen-bond acceptors (Lipinski definition) is 2. The highest BCUT2D eigenvalue weighted by Gasteiger charge is 2.12. The summed E-state index contributed by atoms with van der Waals surface area (Å²) in [5.41, 5.74) is 6.94. The number of rotatable bonds is 2. The Morgan fingerprint density at radius 3 is 2.67 bits per heavy atom. The number of nitrogens with zero attached hydrogens (tertiary/aromatic N) is 2. The van der Waals surface area contributed by atoms with Crippen LogP contribution in [0.15, 0.2) is 12.5 Å². The molecule has 0 bridgehead atoms. The van der Waals surface area contributed by atoms with Crippen molar-refractivity contribution < 1.29 is 0 Å². The van der Waals surface area contributed by atoms with E-state index in [9.17, 15) is 0 Å². The molecular weight excluding hydrogens is 150 g/mol. The Hall–Kier alpha value is -0.830. The molecule has 0 unspecified atom stereocenters. The van der Waals surface area contributed by atoms with Gasteiger partial charge in [0, 0.05) is 19.3 Å². The summed E-state index contributed by atoms with van der Waals surface area (Å²) in [7, 11) is 0. The quantitative estimate of drug-likeness (QED) is 0.723. The monoisotopic (exact) mass is 167 g/mol. The summed E-state index contributed by atoms with van der Waals surface area (Å²) in [5.74, 6) is 0. The summed E-state index contributed by atoms with van der Waals surface area (Å²) < 4.78 is 2.11. The maximum atomic E-state index is 5.55. The van der Waals surface area contributed by atoms with E-state index >= 15 is 0 Å². The fourth-order valence-corrected chi connectivity index (χ4v) is 1.17. The Morgan fingerprint density at radius 1 is 1.50 bits per heavy atom. The molecule has 0 aliphatic heterocycles. The molecule has 68 valence electrons. The fourth-order valence-electron chi connectivity index (χ4n) is 1.17. The van der Waals surface area contributed by atoms with Crippen LogP contribution in [0.3, 0.4) is 0 Å². The van der Waals surface area contributed by atoms with E-state index < -0.39 is 0 Å². The molecular formula is C9H17N3. The van der Waals surface area contributed by atoms with Crippen LogP contribution < -0.4 is 5.73 Å². The van der Waals surface area contributed by atoms with Crippen LogP contribution in [0, 0.1) is 5.41 Å². The minimum Gasteiger partial charge on any atom is -0.333 e.